The Morgan fingerprint density at radius 1 is 0.857 bits per heavy atom. The third-order valence-electron chi connectivity index (χ3n) is 6.70. The summed E-state index contributed by atoms with van der Waals surface area (Å²) in [7, 11) is -2.46. The molecule has 0 saturated heterocycles. The van der Waals surface area contributed by atoms with Gasteiger partial charge in [0.1, 0.15) is 11.5 Å². The number of methoxy groups -OCH3 is 1. The summed E-state index contributed by atoms with van der Waals surface area (Å²) >= 11 is 0. The van der Waals surface area contributed by atoms with E-state index in [0.717, 1.165) is 27.8 Å². The maximum absolute atomic E-state index is 13.1. The zero-order chi connectivity index (χ0) is 24.5. The number of hydrogen-bond acceptors (Lipinski definition) is 4. The summed E-state index contributed by atoms with van der Waals surface area (Å²) in [6.45, 7) is 2.09. The Morgan fingerprint density at radius 3 is 2.23 bits per heavy atom. The van der Waals surface area contributed by atoms with Crippen molar-refractivity contribution in [3.63, 3.8) is 0 Å². The molecule has 1 heterocycles. The van der Waals surface area contributed by atoms with Crippen molar-refractivity contribution in [2.24, 2.45) is 0 Å². The highest BCUT2D eigenvalue weighted by molar-refractivity contribution is 7.85. The summed E-state index contributed by atoms with van der Waals surface area (Å²) in [6, 6.07) is 33.4. The van der Waals surface area contributed by atoms with Crippen molar-refractivity contribution in [3.05, 3.63) is 131 Å². The van der Waals surface area contributed by atoms with Crippen LogP contribution in [0.4, 0.5) is 0 Å². The molecule has 0 radical (unpaired) electrons. The van der Waals surface area contributed by atoms with Crippen LogP contribution >= 0.6 is 0 Å². The minimum absolute atomic E-state index is 0.0895. The molecule has 1 aliphatic heterocycles. The molecule has 4 aromatic carbocycles. The molecule has 0 bridgehead atoms. The minimum atomic E-state index is -4.07. The lowest BCUT2D eigenvalue weighted by atomic mass is 9.72. The van der Waals surface area contributed by atoms with Gasteiger partial charge in [-0.1, -0.05) is 84.9 Å². The van der Waals surface area contributed by atoms with E-state index in [2.05, 4.69) is 35.9 Å². The molecule has 5 rings (SSSR count). The van der Waals surface area contributed by atoms with Gasteiger partial charge < -0.3 is 8.92 Å². The number of fused-ring (bicyclic) bond motifs is 1. The monoisotopic (exact) mass is 485 g/mol. The van der Waals surface area contributed by atoms with Crippen LogP contribution in [0.15, 0.2) is 103 Å². The summed E-state index contributed by atoms with van der Waals surface area (Å²) in [6.07, 6.45) is 0.452. The number of hydrogen-bond donors (Lipinski definition) is 1. The zero-order valence-electron chi connectivity index (χ0n) is 19.6. The summed E-state index contributed by atoms with van der Waals surface area (Å²) in [5.41, 5.74) is 3.92. The molecule has 0 amide bonds. The first-order chi connectivity index (χ1) is 16.9. The number of benzene rings is 4. The molecule has 2 atom stereocenters. The van der Waals surface area contributed by atoms with Crippen LogP contribution in [-0.2, 0) is 15.8 Å². The molecule has 0 aromatic heterocycles. The first-order valence-corrected chi connectivity index (χ1v) is 12.9. The summed E-state index contributed by atoms with van der Waals surface area (Å²) in [4.78, 5) is 0. The molecule has 6 heteroatoms. The third-order valence-corrected chi connectivity index (χ3v) is 7.70. The number of ether oxygens (including phenoxy) is 1. The van der Waals surface area contributed by atoms with Crippen molar-refractivity contribution >= 4 is 10.3 Å². The molecule has 5 nitrogen and oxygen atoms in total. The van der Waals surface area contributed by atoms with E-state index in [9.17, 15) is 8.42 Å². The lowest BCUT2D eigenvalue weighted by Gasteiger charge is -2.42. The van der Waals surface area contributed by atoms with E-state index in [1.165, 1.54) is 0 Å². The first kappa shape index (κ1) is 23.1. The van der Waals surface area contributed by atoms with Gasteiger partial charge in [-0.15, -0.1) is 0 Å². The molecule has 1 aliphatic rings. The van der Waals surface area contributed by atoms with Crippen LogP contribution in [-0.4, -0.2) is 15.5 Å². The van der Waals surface area contributed by atoms with Crippen molar-refractivity contribution in [1.82, 2.24) is 4.72 Å². The number of aryl methyl sites for hydroxylation is 1. The van der Waals surface area contributed by atoms with E-state index in [1.807, 2.05) is 66.7 Å². The topological polar surface area (TPSA) is 64.6 Å². The van der Waals surface area contributed by atoms with Crippen LogP contribution in [0.5, 0.6) is 11.5 Å². The highest BCUT2D eigenvalue weighted by Crippen LogP contribution is 2.48. The normalized spacial score (nSPS) is 19.3. The number of nitrogens with one attached hydrogen (secondary N) is 1. The highest BCUT2D eigenvalue weighted by atomic mass is 32.2. The second-order valence-corrected chi connectivity index (χ2v) is 10.1. The average Bonchev–Trinajstić information content (AvgIpc) is 2.87. The lowest BCUT2D eigenvalue weighted by Crippen LogP contribution is -2.52. The Kier molecular flexibility index (Phi) is 6.09. The smallest absolute Gasteiger partial charge is 0.383 e. The molecule has 0 spiro atoms. The van der Waals surface area contributed by atoms with Gasteiger partial charge >= 0.3 is 10.3 Å². The molecule has 35 heavy (non-hydrogen) atoms. The van der Waals surface area contributed by atoms with Crippen LogP contribution < -0.4 is 13.6 Å². The Morgan fingerprint density at radius 2 is 1.51 bits per heavy atom. The summed E-state index contributed by atoms with van der Waals surface area (Å²) < 4.78 is 39.9. The predicted octanol–water partition coefficient (Wildman–Crippen LogP) is 5.70. The zero-order valence-corrected chi connectivity index (χ0v) is 20.5. The van der Waals surface area contributed by atoms with Crippen LogP contribution in [0.1, 0.15) is 40.2 Å². The second kappa shape index (κ2) is 9.21. The maximum atomic E-state index is 13.1. The lowest BCUT2D eigenvalue weighted by molar-refractivity contribution is 0.349. The first-order valence-electron chi connectivity index (χ1n) is 11.5. The van der Waals surface area contributed by atoms with Crippen molar-refractivity contribution in [1.29, 1.82) is 0 Å². The SMILES string of the molecule is COc1ccc([C@@]2(C[C@H](c3ccccc3)c3ccccc3C)NS(=O)(=O)Oc3ccccc32)cc1. The molecular weight excluding hydrogens is 458 g/mol. The number of rotatable bonds is 6. The van der Waals surface area contributed by atoms with E-state index < -0.39 is 15.8 Å². The summed E-state index contributed by atoms with van der Waals surface area (Å²) in [5.74, 6) is 0.942. The van der Waals surface area contributed by atoms with Gasteiger partial charge in [0.25, 0.3) is 0 Å². The van der Waals surface area contributed by atoms with Crippen molar-refractivity contribution in [2.45, 2.75) is 24.8 Å². The van der Waals surface area contributed by atoms with Gasteiger partial charge in [0.05, 0.1) is 12.6 Å². The van der Waals surface area contributed by atoms with Gasteiger partial charge in [-0.3, -0.25) is 0 Å². The molecule has 1 N–H and O–H groups in total. The predicted molar refractivity (Wildman–Crippen MR) is 137 cm³/mol. The van der Waals surface area contributed by atoms with Gasteiger partial charge in [0.15, 0.2) is 0 Å². The molecule has 0 saturated carbocycles. The minimum Gasteiger partial charge on any atom is -0.497 e. The van der Waals surface area contributed by atoms with Gasteiger partial charge in [-0.2, -0.15) is 13.1 Å². The Balaban J connectivity index is 1.77. The van der Waals surface area contributed by atoms with Crippen molar-refractivity contribution in [3.8, 4) is 11.5 Å². The van der Waals surface area contributed by atoms with Gasteiger partial charge in [-0.25, -0.2) is 0 Å². The maximum Gasteiger partial charge on any atom is 0.383 e. The van der Waals surface area contributed by atoms with Crippen molar-refractivity contribution in [2.75, 3.05) is 7.11 Å². The van der Waals surface area contributed by atoms with Crippen molar-refractivity contribution < 1.29 is 17.3 Å². The third kappa shape index (κ3) is 4.43. The molecule has 0 unspecified atom stereocenters. The Bertz CT molecular complexity index is 1440. The second-order valence-electron chi connectivity index (χ2n) is 8.79. The molecule has 178 valence electrons. The Labute approximate surface area is 206 Å². The molecule has 4 aromatic rings. The quantitative estimate of drug-likeness (QED) is 0.381. The van der Waals surface area contributed by atoms with E-state index in [-0.39, 0.29) is 5.92 Å². The molecular formula is C29H27NO4S. The van der Waals surface area contributed by atoms with E-state index in [4.69, 9.17) is 8.92 Å². The largest absolute Gasteiger partial charge is 0.497 e. The van der Waals surface area contributed by atoms with E-state index in [1.54, 1.807) is 19.2 Å². The van der Waals surface area contributed by atoms with E-state index >= 15 is 0 Å². The fourth-order valence-electron chi connectivity index (χ4n) is 5.04. The van der Waals surface area contributed by atoms with Crippen LogP contribution in [0.25, 0.3) is 0 Å². The van der Waals surface area contributed by atoms with E-state index in [0.29, 0.717) is 17.9 Å². The molecule has 0 aliphatic carbocycles. The van der Waals surface area contributed by atoms with Crippen LogP contribution in [0, 0.1) is 6.92 Å². The van der Waals surface area contributed by atoms with Gasteiger partial charge in [0.2, 0.25) is 0 Å². The standard InChI is InChI=1S/C29H27NO4S/c1-21-10-6-7-13-25(21)26(22-11-4-3-5-12-22)20-29(23-16-18-24(33-2)19-17-23)27-14-8-9-15-28(27)34-35(31,32)30-29/h3-19,26,30H,20H2,1-2H3/t26-,29-/m1/s1. The van der Waals surface area contributed by atoms with Gasteiger partial charge in [-0.05, 0) is 53.8 Å². The Hall–Kier alpha value is -3.61. The van der Waals surface area contributed by atoms with Gasteiger partial charge in [0, 0.05) is 11.5 Å². The van der Waals surface area contributed by atoms with Crippen LogP contribution in [0.2, 0.25) is 0 Å². The van der Waals surface area contributed by atoms with Crippen LogP contribution in [0.3, 0.4) is 0 Å². The fourth-order valence-corrected chi connectivity index (χ4v) is 6.20. The fraction of sp³-hybridized carbons (Fsp3) is 0.172. The average molecular weight is 486 g/mol. The molecule has 0 fully saturated rings. The number of para-hydroxylation sites is 1. The highest BCUT2D eigenvalue weighted by Gasteiger charge is 2.47. The summed E-state index contributed by atoms with van der Waals surface area (Å²) in [5, 5.41) is 0.